The number of hydrogen-bond donors (Lipinski definition) is 2. The van der Waals surface area contributed by atoms with E-state index in [1.165, 1.54) is 0 Å². The standard InChI is InChI=1S/C18H21N7/c1-2-19-18(23-14-16-6-3-4-8-20-16)22-13-15-7-10-21-17(12-15)25-11-5-9-24-25/h3-12H,2,13-14H2,1H3,(H2,19,22,23). The van der Waals surface area contributed by atoms with Crippen molar-refractivity contribution in [2.75, 3.05) is 6.54 Å². The summed E-state index contributed by atoms with van der Waals surface area (Å²) in [5.41, 5.74) is 2.04. The van der Waals surface area contributed by atoms with Crippen LogP contribution in [0.3, 0.4) is 0 Å². The summed E-state index contributed by atoms with van der Waals surface area (Å²) in [6, 6.07) is 11.7. The second-order valence-corrected chi connectivity index (χ2v) is 5.34. The van der Waals surface area contributed by atoms with Gasteiger partial charge in [-0.05, 0) is 42.8 Å². The molecule has 7 nitrogen and oxygen atoms in total. The normalized spacial score (nSPS) is 11.3. The molecule has 3 rings (SSSR count). The first-order chi connectivity index (χ1) is 12.3. The highest BCUT2D eigenvalue weighted by atomic mass is 15.3. The van der Waals surface area contributed by atoms with Crippen LogP contribution in [0, 0.1) is 0 Å². The van der Waals surface area contributed by atoms with Crippen LogP contribution < -0.4 is 10.6 Å². The summed E-state index contributed by atoms with van der Waals surface area (Å²) in [6.07, 6.45) is 7.16. The van der Waals surface area contributed by atoms with Crippen LogP contribution in [-0.4, -0.2) is 32.3 Å². The smallest absolute Gasteiger partial charge is 0.191 e. The van der Waals surface area contributed by atoms with E-state index in [1.54, 1.807) is 23.3 Å². The van der Waals surface area contributed by atoms with E-state index in [1.807, 2.05) is 49.5 Å². The Morgan fingerprint density at radius 3 is 2.80 bits per heavy atom. The Labute approximate surface area is 146 Å². The molecule has 3 aromatic heterocycles. The van der Waals surface area contributed by atoms with Gasteiger partial charge in [-0.15, -0.1) is 0 Å². The van der Waals surface area contributed by atoms with E-state index >= 15 is 0 Å². The van der Waals surface area contributed by atoms with Crippen LogP contribution in [-0.2, 0) is 13.1 Å². The van der Waals surface area contributed by atoms with Crippen molar-refractivity contribution in [2.45, 2.75) is 20.0 Å². The van der Waals surface area contributed by atoms with E-state index in [-0.39, 0.29) is 0 Å². The van der Waals surface area contributed by atoms with Crippen molar-refractivity contribution in [3.63, 3.8) is 0 Å². The molecule has 0 saturated carbocycles. The van der Waals surface area contributed by atoms with Gasteiger partial charge in [-0.2, -0.15) is 5.10 Å². The molecule has 0 atom stereocenters. The van der Waals surface area contributed by atoms with E-state index in [2.05, 4.69) is 30.7 Å². The van der Waals surface area contributed by atoms with E-state index < -0.39 is 0 Å². The quantitative estimate of drug-likeness (QED) is 0.531. The molecule has 0 saturated heterocycles. The monoisotopic (exact) mass is 335 g/mol. The summed E-state index contributed by atoms with van der Waals surface area (Å²) in [7, 11) is 0. The summed E-state index contributed by atoms with van der Waals surface area (Å²) >= 11 is 0. The van der Waals surface area contributed by atoms with Crippen molar-refractivity contribution < 1.29 is 0 Å². The third-order valence-electron chi connectivity index (χ3n) is 3.48. The van der Waals surface area contributed by atoms with Crippen LogP contribution in [0.5, 0.6) is 0 Å². The Balaban J connectivity index is 1.66. The Hall–Kier alpha value is -3.22. The summed E-state index contributed by atoms with van der Waals surface area (Å²) in [5.74, 6) is 1.54. The molecule has 0 aromatic carbocycles. The summed E-state index contributed by atoms with van der Waals surface area (Å²) in [6.45, 7) is 4.01. The fourth-order valence-corrected chi connectivity index (χ4v) is 2.28. The van der Waals surface area contributed by atoms with Crippen LogP contribution in [0.4, 0.5) is 0 Å². The molecule has 3 heterocycles. The highest BCUT2D eigenvalue weighted by molar-refractivity contribution is 5.79. The highest BCUT2D eigenvalue weighted by Crippen LogP contribution is 2.07. The number of aromatic nitrogens is 4. The lowest BCUT2D eigenvalue weighted by atomic mass is 10.2. The number of hydrogen-bond acceptors (Lipinski definition) is 4. The molecule has 7 heteroatoms. The van der Waals surface area contributed by atoms with E-state index in [4.69, 9.17) is 0 Å². The Kier molecular flexibility index (Phi) is 5.71. The highest BCUT2D eigenvalue weighted by Gasteiger charge is 2.02. The molecule has 0 aliphatic rings. The number of nitrogens with one attached hydrogen (secondary N) is 2. The van der Waals surface area contributed by atoms with Crippen molar-refractivity contribution in [3.05, 3.63) is 72.4 Å². The minimum absolute atomic E-state index is 0.550. The van der Waals surface area contributed by atoms with E-state index in [0.717, 1.165) is 29.6 Å². The van der Waals surface area contributed by atoms with Crippen LogP contribution in [0.15, 0.2) is 66.2 Å². The SMILES string of the molecule is CCNC(=NCc1ccnc(-n2cccn2)c1)NCc1ccccn1. The lowest BCUT2D eigenvalue weighted by Crippen LogP contribution is -2.37. The molecule has 3 aromatic rings. The Bertz CT molecular complexity index is 797. The van der Waals surface area contributed by atoms with Gasteiger partial charge in [0.25, 0.3) is 0 Å². The van der Waals surface area contributed by atoms with Crippen molar-refractivity contribution in [1.82, 2.24) is 30.4 Å². The number of pyridine rings is 2. The molecule has 0 aliphatic carbocycles. The molecule has 0 unspecified atom stereocenters. The zero-order chi connectivity index (χ0) is 17.3. The zero-order valence-electron chi connectivity index (χ0n) is 14.1. The molecule has 0 aliphatic heterocycles. The molecule has 128 valence electrons. The van der Waals surface area contributed by atoms with Gasteiger partial charge in [0.2, 0.25) is 0 Å². The maximum absolute atomic E-state index is 4.63. The molecule has 0 amide bonds. The van der Waals surface area contributed by atoms with Gasteiger partial charge < -0.3 is 10.6 Å². The van der Waals surface area contributed by atoms with Crippen molar-refractivity contribution in [2.24, 2.45) is 4.99 Å². The first-order valence-corrected chi connectivity index (χ1v) is 8.22. The molecule has 0 bridgehead atoms. The van der Waals surface area contributed by atoms with Crippen LogP contribution in [0.1, 0.15) is 18.2 Å². The van der Waals surface area contributed by atoms with Crippen molar-refractivity contribution in [1.29, 1.82) is 0 Å². The van der Waals surface area contributed by atoms with Gasteiger partial charge in [-0.1, -0.05) is 6.07 Å². The van der Waals surface area contributed by atoms with Gasteiger partial charge in [-0.25, -0.2) is 14.7 Å². The molecule has 25 heavy (non-hydrogen) atoms. The number of nitrogens with zero attached hydrogens (tertiary/aromatic N) is 5. The molecule has 0 radical (unpaired) electrons. The Morgan fingerprint density at radius 2 is 2.04 bits per heavy atom. The minimum Gasteiger partial charge on any atom is -0.357 e. The second kappa shape index (κ2) is 8.58. The van der Waals surface area contributed by atoms with Crippen LogP contribution >= 0.6 is 0 Å². The topological polar surface area (TPSA) is 80.0 Å². The van der Waals surface area contributed by atoms with Crippen molar-refractivity contribution in [3.8, 4) is 5.82 Å². The van der Waals surface area contributed by atoms with Crippen molar-refractivity contribution >= 4 is 5.96 Å². The van der Waals surface area contributed by atoms with Gasteiger partial charge in [0.1, 0.15) is 0 Å². The first kappa shape index (κ1) is 16.6. The molecule has 2 N–H and O–H groups in total. The third kappa shape index (κ3) is 4.87. The lowest BCUT2D eigenvalue weighted by Gasteiger charge is -2.11. The Morgan fingerprint density at radius 1 is 1.08 bits per heavy atom. The molecule has 0 fully saturated rings. The molecular weight excluding hydrogens is 314 g/mol. The first-order valence-electron chi connectivity index (χ1n) is 8.22. The van der Waals surface area contributed by atoms with E-state index in [9.17, 15) is 0 Å². The fraction of sp³-hybridized carbons (Fsp3) is 0.222. The third-order valence-corrected chi connectivity index (χ3v) is 3.48. The summed E-state index contributed by atoms with van der Waals surface area (Å²) in [4.78, 5) is 13.3. The average molecular weight is 335 g/mol. The molecular formula is C18H21N7. The number of rotatable bonds is 6. The van der Waals surface area contributed by atoms with Gasteiger partial charge in [0.05, 0.1) is 18.8 Å². The zero-order valence-corrected chi connectivity index (χ0v) is 14.1. The number of guanidine groups is 1. The second-order valence-electron chi connectivity index (χ2n) is 5.34. The maximum atomic E-state index is 4.63. The van der Waals surface area contributed by atoms with Gasteiger partial charge in [-0.3, -0.25) is 4.98 Å². The van der Waals surface area contributed by atoms with Crippen LogP contribution in [0.2, 0.25) is 0 Å². The lowest BCUT2D eigenvalue weighted by molar-refractivity contribution is 0.798. The minimum atomic E-state index is 0.550. The summed E-state index contributed by atoms with van der Waals surface area (Å²) < 4.78 is 1.73. The van der Waals surface area contributed by atoms with Gasteiger partial charge >= 0.3 is 0 Å². The predicted octanol–water partition coefficient (Wildman–Crippen LogP) is 1.92. The number of aliphatic imine (C=N–C) groups is 1. The van der Waals surface area contributed by atoms with E-state index in [0.29, 0.717) is 13.1 Å². The maximum Gasteiger partial charge on any atom is 0.191 e. The largest absolute Gasteiger partial charge is 0.357 e. The van der Waals surface area contributed by atoms with Gasteiger partial charge in [0, 0.05) is 31.3 Å². The fourth-order valence-electron chi connectivity index (χ4n) is 2.28. The summed E-state index contributed by atoms with van der Waals surface area (Å²) in [5, 5.41) is 10.7. The van der Waals surface area contributed by atoms with Crippen LogP contribution in [0.25, 0.3) is 5.82 Å². The molecule has 0 spiro atoms. The van der Waals surface area contributed by atoms with Gasteiger partial charge in [0.15, 0.2) is 11.8 Å². The average Bonchev–Trinajstić information content (AvgIpc) is 3.20. The predicted molar refractivity (Wildman–Crippen MR) is 97.3 cm³/mol.